The normalized spacial score (nSPS) is 11.5. The lowest BCUT2D eigenvalue weighted by Crippen LogP contribution is -2.39. The first-order valence-electron chi connectivity index (χ1n) is 5.59. The van der Waals surface area contributed by atoms with Crippen LogP contribution in [-0.4, -0.2) is 41.8 Å². The molecule has 2 amide bonds. The Morgan fingerprint density at radius 3 is 2.71 bits per heavy atom. The molecule has 1 aromatic rings. The predicted molar refractivity (Wildman–Crippen MR) is 76.3 cm³/mol. The fourth-order valence-electron chi connectivity index (χ4n) is 1.35. The van der Waals surface area contributed by atoms with Crippen LogP contribution in [0.15, 0.2) is 22.7 Å². The molecule has 114 valence electrons. The number of methoxy groups -OCH3 is 1. The molecule has 3 N–H and O–H groups in total. The number of halogens is 1. The van der Waals surface area contributed by atoms with Crippen molar-refractivity contribution in [3.63, 3.8) is 0 Å². The molecule has 0 saturated carbocycles. The number of nitro groups is 1. The summed E-state index contributed by atoms with van der Waals surface area (Å²) in [5, 5.41) is 24.1. The summed E-state index contributed by atoms with van der Waals surface area (Å²) in [7, 11) is 1.20. The first-order chi connectivity index (χ1) is 9.85. The third-order valence-electron chi connectivity index (χ3n) is 2.42. The number of carboxylic acids is 1. The van der Waals surface area contributed by atoms with Gasteiger partial charge in [-0.2, -0.15) is 0 Å². The summed E-state index contributed by atoms with van der Waals surface area (Å²) in [5.41, 5.74) is -0.000189. The molecule has 9 nitrogen and oxygen atoms in total. The molecule has 1 rings (SSSR count). The summed E-state index contributed by atoms with van der Waals surface area (Å²) in [6, 6.07) is 3.16. The molecule has 21 heavy (non-hydrogen) atoms. The van der Waals surface area contributed by atoms with E-state index in [0.29, 0.717) is 4.47 Å². The van der Waals surface area contributed by atoms with Crippen LogP contribution in [0, 0.1) is 10.1 Å². The number of carboxylic acid groups (broad SMARTS) is 1. The number of benzene rings is 1. The molecule has 0 fully saturated rings. The Hall–Kier alpha value is -2.20. The number of hydrogen-bond acceptors (Lipinski definition) is 5. The van der Waals surface area contributed by atoms with Crippen molar-refractivity contribution in [3.05, 3.63) is 32.8 Å². The first-order valence-corrected chi connectivity index (χ1v) is 6.39. The van der Waals surface area contributed by atoms with Crippen molar-refractivity contribution in [1.29, 1.82) is 0 Å². The Morgan fingerprint density at radius 1 is 1.52 bits per heavy atom. The van der Waals surface area contributed by atoms with Gasteiger partial charge >= 0.3 is 12.0 Å². The quantitative estimate of drug-likeness (QED) is 0.520. The smallest absolute Gasteiger partial charge is 0.334 e. The van der Waals surface area contributed by atoms with Crippen LogP contribution in [0.5, 0.6) is 0 Å². The lowest BCUT2D eigenvalue weighted by atomic mass is 10.3. The van der Waals surface area contributed by atoms with Gasteiger partial charge in [0, 0.05) is 23.7 Å². The van der Waals surface area contributed by atoms with Crippen LogP contribution in [0.2, 0.25) is 0 Å². The van der Waals surface area contributed by atoms with E-state index in [1.54, 1.807) is 0 Å². The highest BCUT2D eigenvalue weighted by Crippen LogP contribution is 2.26. The molecule has 0 aliphatic heterocycles. The zero-order valence-electron chi connectivity index (χ0n) is 10.8. The molecule has 1 aromatic carbocycles. The molecule has 1 atom stereocenters. The van der Waals surface area contributed by atoms with Crippen molar-refractivity contribution < 1.29 is 24.4 Å². The minimum Gasteiger partial charge on any atom is -0.479 e. The number of rotatable bonds is 6. The number of anilines is 1. The largest absolute Gasteiger partial charge is 0.479 e. The molecule has 0 spiro atoms. The number of carbonyl (C=O) groups excluding carboxylic acids is 1. The van der Waals surface area contributed by atoms with Gasteiger partial charge in [-0.15, -0.1) is 0 Å². The first kappa shape index (κ1) is 16.9. The number of aliphatic carboxylic acids is 1. The maximum absolute atomic E-state index is 11.6. The van der Waals surface area contributed by atoms with Gasteiger partial charge in [-0.1, -0.05) is 0 Å². The van der Waals surface area contributed by atoms with Crippen molar-refractivity contribution >= 4 is 39.3 Å². The Morgan fingerprint density at radius 2 is 2.19 bits per heavy atom. The Labute approximate surface area is 127 Å². The minimum atomic E-state index is -1.21. The highest BCUT2D eigenvalue weighted by Gasteiger charge is 2.18. The zero-order chi connectivity index (χ0) is 16.0. The van der Waals surface area contributed by atoms with E-state index in [2.05, 4.69) is 31.3 Å². The average molecular weight is 362 g/mol. The third kappa shape index (κ3) is 5.00. The standard InChI is InChI=1S/C11H12BrN3O6/c1-21-9(10(16)17)5-13-11(18)14-8-4-6(15(19)20)2-3-7(8)12/h2-4,9H,5H2,1H3,(H,16,17)(H2,13,14,18). The number of nitro benzene ring substituents is 1. The summed E-state index contributed by atoms with van der Waals surface area (Å²) in [6.07, 6.45) is -1.18. The van der Waals surface area contributed by atoms with Crippen LogP contribution in [-0.2, 0) is 9.53 Å². The van der Waals surface area contributed by atoms with Gasteiger partial charge in [0.05, 0.1) is 17.2 Å². The van der Waals surface area contributed by atoms with Gasteiger partial charge in [0.1, 0.15) is 0 Å². The number of nitrogens with zero attached hydrogens (tertiary/aromatic N) is 1. The van der Waals surface area contributed by atoms with Crippen molar-refractivity contribution in [2.75, 3.05) is 19.0 Å². The van der Waals surface area contributed by atoms with E-state index in [4.69, 9.17) is 5.11 Å². The molecule has 0 aromatic heterocycles. The Bertz CT molecular complexity index is 565. The van der Waals surface area contributed by atoms with Crippen LogP contribution in [0.25, 0.3) is 0 Å². The van der Waals surface area contributed by atoms with Crippen molar-refractivity contribution in [2.24, 2.45) is 0 Å². The molecule has 0 radical (unpaired) electrons. The molecular weight excluding hydrogens is 350 g/mol. The summed E-state index contributed by atoms with van der Waals surface area (Å²) in [5.74, 6) is -1.21. The summed E-state index contributed by atoms with van der Waals surface area (Å²) in [4.78, 5) is 32.4. The predicted octanol–water partition coefficient (Wildman–Crippen LogP) is 1.58. The van der Waals surface area contributed by atoms with Gasteiger partial charge in [0.25, 0.3) is 5.69 Å². The second-order valence-electron chi connectivity index (χ2n) is 3.82. The van der Waals surface area contributed by atoms with E-state index in [9.17, 15) is 19.7 Å². The van der Waals surface area contributed by atoms with E-state index in [1.165, 1.54) is 25.3 Å². The molecule has 0 aliphatic rings. The summed E-state index contributed by atoms with van der Waals surface area (Å²) < 4.78 is 5.09. The molecule has 0 bridgehead atoms. The summed E-state index contributed by atoms with van der Waals surface area (Å²) in [6.45, 7) is -0.246. The van der Waals surface area contributed by atoms with Crippen LogP contribution < -0.4 is 10.6 Å². The molecule has 10 heteroatoms. The number of non-ortho nitro benzene ring substituents is 1. The number of urea groups is 1. The molecular formula is C11H12BrN3O6. The fourth-order valence-corrected chi connectivity index (χ4v) is 1.69. The van der Waals surface area contributed by atoms with Crippen molar-refractivity contribution in [1.82, 2.24) is 5.32 Å². The third-order valence-corrected chi connectivity index (χ3v) is 3.11. The van der Waals surface area contributed by atoms with Crippen LogP contribution in [0.4, 0.5) is 16.2 Å². The summed E-state index contributed by atoms with van der Waals surface area (Å²) >= 11 is 3.14. The second-order valence-corrected chi connectivity index (χ2v) is 4.67. The van der Waals surface area contributed by atoms with Gasteiger partial charge in [-0.05, 0) is 22.0 Å². The van der Waals surface area contributed by atoms with Gasteiger partial charge in [-0.25, -0.2) is 9.59 Å². The second kappa shape index (κ2) is 7.55. The van der Waals surface area contributed by atoms with E-state index in [1.807, 2.05) is 0 Å². The number of ether oxygens (including phenoxy) is 1. The lowest BCUT2D eigenvalue weighted by Gasteiger charge is -2.12. The van der Waals surface area contributed by atoms with E-state index < -0.39 is 23.0 Å². The maximum Gasteiger partial charge on any atom is 0.334 e. The SMILES string of the molecule is COC(CNC(=O)Nc1cc([N+](=O)[O-])ccc1Br)C(=O)O. The minimum absolute atomic E-state index is 0.186. The van der Waals surface area contributed by atoms with Crippen molar-refractivity contribution in [3.8, 4) is 0 Å². The number of carbonyl (C=O) groups is 2. The van der Waals surface area contributed by atoms with E-state index in [-0.39, 0.29) is 17.9 Å². The molecule has 0 aliphatic carbocycles. The fraction of sp³-hybridized carbons (Fsp3) is 0.273. The van der Waals surface area contributed by atoms with Crippen LogP contribution in [0.3, 0.4) is 0 Å². The van der Waals surface area contributed by atoms with Gasteiger partial charge in [-0.3, -0.25) is 10.1 Å². The van der Waals surface area contributed by atoms with Gasteiger partial charge in [0.2, 0.25) is 0 Å². The Balaban J connectivity index is 2.68. The van der Waals surface area contributed by atoms with Gasteiger partial charge < -0.3 is 20.5 Å². The van der Waals surface area contributed by atoms with Crippen LogP contribution in [0.1, 0.15) is 0 Å². The highest BCUT2D eigenvalue weighted by molar-refractivity contribution is 9.10. The maximum atomic E-state index is 11.6. The number of nitrogens with one attached hydrogen (secondary N) is 2. The highest BCUT2D eigenvalue weighted by atomic mass is 79.9. The zero-order valence-corrected chi connectivity index (χ0v) is 12.4. The van der Waals surface area contributed by atoms with Gasteiger partial charge in [0.15, 0.2) is 6.10 Å². The van der Waals surface area contributed by atoms with Crippen molar-refractivity contribution in [2.45, 2.75) is 6.10 Å². The number of amides is 2. The lowest BCUT2D eigenvalue weighted by molar-refractivity contribution is -0.384. The Kier molecular flexibility index (Phi) is 6.06. The number of hydrogen-bond donors (Lipinski definition) is 3. The molecule has 0 heterocycles. The van der Waals surface area contributed by atoms with Crippen LogP contribution >= 0.6 is 15.9 Å². The topological polar surface area (TPSA) is 131 Å². The van der Waals surface area contributed by atoms with E-state index >= 15 is 0 Å². The monoisotopic (exact) mass is 361 g/mol. The molecule has 1 unspecified atom stereocenters. The molecule has 0 saturated heterocycles. The average Bonchev–Trinajstić information content (AvgIpc) is 2.41. The van der Waals surface area contributed by atoms with E-state index in [0.717, 1.165) is 0 Å².